The lowest BCUT2D eigenvalue weighted by atomic mass is 10.1. The summed E-state index contributed by atoms with van der Waals surface area (Å²) < 4.78 is 0. The van der Waals surface area contributed by atoms with Crippen LogP contribution in [0.4, 0.5) is 0 Å². The van der Waals surface area contributed by atoms with E-state index in [1.807, 2.05) is 19.1 Å². The summed E-state index contributed by atoms with van der Waals surface area (Å²) in [7, 11) is 0. The summed E-state index contributed by atoms with van der Waals surface area (Å²) in [4.78, 5) is 6.33. The van der Waals surface area contributed by atoms with E-state index in [1.165, 1.54) is 6.42 Å². The molecule has 2 unspecified atom stereocenters. The molecule has 3 nitrogen and oxygen atoms in total. The number of aromatic nitrogens is 1. The van der Waals surface area contributed by atoms with Crippen LogP contribution in [0.5, 0.6) is 0 Å². The predicted octanol–water partition coefficient (Wildman–Crippen LogP) is 3.12. The summed E-state index contributed by atoms with van der Waals surface area (Å²) in [5.41, 5.74) is 1.08. The van der Waals surface area contributed by atoms with Gasteiger partial charge in [-0.05, 0) is 50.4 Å². The van der Waals surface area contributed by atoms with Crippen molar-refractivity contribution in [2.45, 2.75) is 44.9 Å². The molecule has 1 aliphatic rings. The summed E-state index contributed by atoms with van der Waals surface area (Å²) in [5.74, 6) is 0. The van der Waals surface area contributed by atoms with Crippen LogP contribution in [0.1, 0.15) is 31.7 Å². The molecule has 100 valence electrons. The highest BCUT2D eigenvalue weighted by Gasteiger charge is 2.25. The highest BCUT2D eigenvalue weighted by molar-refractivity contribution is 6.32. The second-order valence-corrected chi connectivity index (χ2v) is 5.75. The molecule has 1 fully saturated rings. The Hall–Kier alpha value is -0.350. The number of aliphatic hydroxyl groups excluding tert-OH is 1. The zero-order chi connectivity index (χ0) is 13.1. The Morgan fingerprint density at radius 2 is 2.11 bits per heavy atom. The molecular weight excluding hydrogens is 271 g/mol. The van der Waals surface area contributed by atoms with E-state index in [4.69, 9.17) is 23.2 Å². The third-order valence-corrected chi connectivity index (χ3v) is 3.71. The number of nitrogens with zero attached hydrogens (tertiary/aromatic N) is 2. The Kier molecular flexibility index (Phi) is 4.84. The van der Waals surface area contributed by atoms with Crippen LogP contribution in [0.15, 0.2) is 12.1 Å². The quantitative estimate of drug-likeness (QED) is 0.865. The van der Waals surface area contributed by atoms with Crippen molar-refractivity contribution >= 4 is 23.2 Å². The van der Waals surface area contributed by atoms with Gasteiger partial charge in [0.2, 0.25) is 0 Å². The topological polar surface area (TPSA) is 36.4 Å². The SMILES string of the molecule is CC(O)CC1CCCN1Cc1cc(Cl)nc(Cl)c1. The van der Waals surface area contributed by atoms with Crippen LogP contribution in [0.25, 0.3) is 0 Å². The number of rotatable bonds is 4. The van der Waals surface area contributed by atoms with Gasteiger partial charge in [-0.15, -0.1) is 0 Å². The molecule has 1 aromatic rings. The Morgan fingerprint density at radius 3 is 2.72 bits per heavy atom. The van der Waals surface area contributed by atoms with E-state index >= 15 is 0 Å². The van der Waals surface area contributed by atoms with Crippen molar-refractivity contribution in [2.24, 2.45) is 0 Å². The predicted molar refractivity (Wildman–Crippen MR) is 74.0 cm³/mol. The van der Waals surface area contributed by atoms with Crippen LogP contribution in [-0.2, 0) is 6.54 Å². The van der Waals surface area contributed by atoms with Crippen LogP contribution in [0.2, 0.25) is 10.3 Å². The molecule has 0 radical (unpaired) electrons. The van der Waals surface area contributed by atoms with Gasteiger partial charge < -0.3 is 5.11 Å². The fraction of sp³-hybridized carbons (Fsp3) is 0.615. The van der Waals surface area contributed by atoms with Crippen LogP contribution in [0, 0.1) is 0 Å². The molecule has 1 aliphatic heterocycles. The Labute approximate surface area is 118 Å². The fourth-order valence-electron chi connectivity index (χ4n) is 2.60. The number of aliphatic hydroxyl groups is 1. The normalized spacial score (nSPS) is 22.3. The molecule has 2 atom stereocenters. The first kappa shape index (κ1) is 14.1. The Bertz CT molecular complexity index is 392. The minimum Gasteiger partial charge on any atom is -0.393 e. The molecule has 2 rings (SSSR count). The van der Waals surface area contributed by atoms with Gasteiger partial charge in [0.15, 0.2) is 0 Å². The lowest BCUT2D eigenvalue weighted by molar-refractivity contribution is 0.131. The third-order valence-electron chi connectivity index (χ3n) is 3.32. The molecule has 0 aliphatic carbocycles. The molecule has 0 saturated carbocycles. The molecular formula is C13H18Cl2N2O. The van der Waals surface area contributed by atoms with Crippen LogP contribution in [-0.4, -0.2) is 33.7 Å². The van der Waals surface area contributed by atoms with Gasteiger partial charge in [-0.3, -0.25) is 4.90 Å². The lowest BCUT2D eigenvalue weighted by Gasteiger charge is -2.25. The molecule has 18 heavy (non-hydrogen) atoms. The van der Waals surface area contributed by atoms with E-state index in [9.17, 15) is 5.11 Å². The lowest BCUT2D eigenvalue weighted by Crippen LogP contribution is -2.31. The minimum atomic E-state index is -0.250. The Balaban J connectivity index is 2.03. The third kappa shape index (κ3) is 3.82. The van der Waals surface area contributed by atoms with Gasteiger partial charge in [0, 0.05) is 12.6 Å². The van der Waals surface area contributed by atoms with E-state index < -0.39 is 0 Å². The first-order valence-corrected chi connectivity index (χ1v) is 7.04. The molecule has 0 bridgehead atoms. The average Bonchev–Trinajstić information content (AvgIpc) is 2.63. The van der Waals surface area contributed by atoms with Gasteiger partial charge in [-0.2, -0.15) is 0 Å². The molecule has 0 amide bonds. The van der Waals surface area contributed by atoms with E-state index in [1.54, 1.807) is 0 Å². The first-order valence-electron chi connectivity index (χ1n) is 6.28. The van der Waals surface area contributed by atoms with Crippen molar-refractivity contribution in [2.75, 3.05) is 6.54 Å². The summed E-state index contributed by atoms with van der Waals surface area (Å²) in [6, 6.07) is 4.16. The molecule has 1 aromatic heterocycles. The summed E-state index contributed by atoms with van der Waals surface area (Å²) in [6.07, 6.45) is 2.91. The second kappa shape index (κ2) is 6.20. The van der Waals surface area contributed by atoms with Gasteiger partial charge in [0.05, 0.1) is 6.10 Å². The van der Waals surface area contributed by atoms with Gasteiger partial charge in [-0.1, -0.05) is 23.2 Å². The van der Waals surface area contributed by atoms with Crippen molar-refractivity contribution in [3.8, 4) is 0 Å². The van der Waals surface area contributed by atoms with Crippen LogP contribution >= 0.6 is 23.2 Å². The maximum Gasteiger partial charge on any atom is 0.131 e. The Morgan fingerprint density at radius 1 is 1.44 bits per heavy atom. The minimum absolute atomic E-state index is 0.250. The van der Waals surface area contributed by atoms with Crippen LogP contribution in [0.3, 0.4) is 0 Å². The van der Waals surface area contributed by atoms with Gasteiger partial charge in [-0.25, -0.2) is 4.98 Å². The molecule has 0 spiro atoms. The zero-order valence-electron chi connectivity index (χ0n) is 10.4. The number of hydrogen-bond acceptors (Lipinski definition) is 3. The zero-order valence-corrected chi connectivity index (χ0v) is 12.0. The monoisotopic (exact) mass is 288 g/mol. The second-order valence-electron chi connectivity index (χ2n) is 4.97. The maximum absolute atomic E-state index is 9.51. The summed E-state index contributed by atoms with van der Waals surface area (Å²) in [6.45, 7) is 3.73. The van der Waals surface area contributed by atoms with Crippen molar-refractivity contribution < 1.29 is 5.11 Å². The van der Waals surface area contributed by atoms with Crippen molar-refractivity contribution in [1.82, 2.24) is 9.88 Å². The highest BCUT2D eigenvalue weighted by atomic mass is 35.5. The van der Waals surface area contributed by atoms with Crippen LogP contribution < -0.4 is 0 Å². The van der Waals surface area contributed by atoms with Gasteiger partial charge >= 0.3 is 0 Å². The van der Waals surface area contributed by atoms with E-state index in [-0.39, 0.29) is 6.10 Å². The number of pyridine rings is 1. The number of likely N-dealkylation sites (tertiary alicyclic amines) is 1. The smallest absolute Gasteiger partial charge is 0.131 e. The first-order chi connectivity index (χ1) is 8.54. The van der Waals surface area contributed by atoms with Gasteiger partial charge in [0.25, 0.3) is 0 Å². The number of halogens is 2. The fourth-order valence-corrected chi connectivity index (χ4v) is 3.11. The average molecular weight is 289 g/mol. The van der Waals surface area contributed by atoms with E-state index in [0.717, 1.165) is 31.5 Å². The number of hydrogen-bond donors (Lipinski definition) is 1. The molecule has 5 heteroatoms. The van der Waals surface area contributed by atoms with Gasteiger partial charge in [0.1, 0.15) is 10.3 Å². The summed E-state index contributed by atoms with van der Waals surface area (Å²) >= 11 is 11.8. The molecule has 2 heterocycles. The summed E-state index contributed by atoms with van der Waals surface area (Å²) in [5, 5.41) is 10.4. The van der Waals surface area contributed by atoms with E-state index in [2.05, 4.69) is 9.88 Å². The van der Waals surface area contributed by atoms with E-state index in [0.29, 0.717) is 16.3 Å². The molecule has 1 N–H and O–H groups in total. The molecule has 1 saturated heterocycles. The largest absolute Gasteiger partial charge is 0.393 e. The van der Waals surface area contributed by atoms with Crippen molar-refractivity contribution in [3.05, 3.63) is 28.0 Å². The molecule has 0 aromatic carbocycles. The van der Waals surface area contributed by atoms with Crippen molar-refractivity contribution in [3.63, 3.8) is 0 Å². The van der Waals surface area contributed by atoms with Crippen molar-refractivity contribution in [1.29, 1.82) is 0 Å². The standard InChI is InChI=1S/C13H18Cl2N2O/c1-9(18)5-11-3-2-4-17(11)8-10-6-12(14)16-13(15)7-10/h6-7,9,11,18H,2-5,8H2,1H3. The maximum atomic E-state index is 9.51. The highest BCUT2D eigenvalue weighted by Crippen LogP contribution is 2.25.